The van der Waals surface area contributed by atoms with E-state index in [9.17, 15) is 0 Å². The molecule has 2 saturated heterocycles. The van der Waals surface area contributed by atoms with Gasteiger partial charge in [0.15, 0.2) is 0 Å². The minimum Gasteiger partial charge on any atom is -0.380 e. The standard InChI is InChI=1S/C8H15NO3/c9-7-5-10-2-1-8(7)6-11-3-4-12-8/h7H,1-6,9H2. The fourth-order valence-electron chi connectivity index (χ4n) is 1.74. The van der Waals surface area contributed by atoms with E-state index in [2.05, 4.69) is 0 Å². The Morgan fingerprint density at radius 2 is 2.08 bits per heavy atom. The van der Waals surface area contributed by atoms with Crippen LogP contribution in [0.3, 0.4) is 0 Å². The molecule has 2 unspecified atom stereocenters. The normalized spacial score (nSPS) is 43.2. The molecule has 0 saturated carbocycles. The molecule has 2 aliphatic heterocycles. The Morgan fingerprint density at radius 3 is 2.75 bits per heavy atom. The molecule has 4 nitrogen and oxygen atoms in total. The van der Waals surface area contributed by atoms with Gasteiger partial charge in [0.05, 0.1) is 32.5 Å². The Hall–Kier alpha value is -0.160. The van der Waals surface area contributed by atoms with Crippen molar-refractivity contribution >= 4 is 0 Å². The number of hydrogen-bond donors (Lipinski definition) is 1. The second-order valence-electron chi connectivity index (χ2n) is 3.40. The lowest BCUT2D eigenvalue weighted by Gasteiger charge is -2.43. The second kappa shape index (κ2) is 3.30. The molecule has 0 bridgehead atoms. The van der Waals surface area contributed by atoms with Crippen LogP contribution in [0.1, 0.15) is 6.42 Å². The average molecular weight is 173 g/mol. The van der Waals surface area contributed by atoms with E-state index in [1.165, 1.54) is 0 Å². The molecule has 0 aromatic heterocycles. The van der Waals surface area contributed by atoms with Crippen LogP contribution in [0.5, 0.6) is 0 Å². The smallest absolute Gasteiger partial charge is 0.111 e. The summed E-state index contributed by atoms with van der Waals surface area (Å²) in [6, 6.07) is -0.0356. The number of rotatable bonds is 0. The van der Waals surface area contributed by atoms with Crippen LogP contribution < -0.4 is 5.73 Å². The highest BCUT2D eigenvalue weighted by Crippen LogP contribution is 2.26. The monoisotopic (exact) mass is 173 g/mol. The minimum absolute atomic E-state index is 0.0356. The van der Waals surface area contributed by atoms with Gasteiger partial charge in [0.2, 0.25) is 0 Å². The Morgan fingerprint density at radius 1 is 1.17 bits per heavy atom. The molecule has 1 spiro atoms. The predicted molar refractivity (Wildman–Crippen MR) is 42.9 cm³/mol. The molecule has 2 heterocycles. The van der Waals surface area contributed by atoms with E-state index >= 15 is 0 Å². The summed E-state index contributed by atoms with van der Waals surface area (Å²) in [7, 11) is 0. The predicted octanol–water partition coefficient (Wildman–Crippen LogP) is -0.480. The number of hydrogen-bond acceptors (Lipinski definition) is 4. The van der Waals surface area contributed by atoms with Crippen LogP contribution in [0.2, 0.25) is 0 Å². The third kappa shape index (κ3) is 1.35. The van der Waals surface area contributed by atoms with Crippen molar-refractivity contribution in [2.24, 2.45) is 5.73 Å². The van der Waals surface area contributed by atoms with Gasteiger partial charge in [-0.15, -0.1) is 0 Å². The SMILES string of the molecule is NC1COCCC12COCCO2. The highest BCUT2D eigenvalue weighted by atomic mass is 16.6. The van der Waals surface area contributed by atoms with Crippen LogP contribution in [0.4, 0.5) is 0 Å². The zero-order chi connectivity index (χ0) is 8.44. The second-order valence-corrected chi connectivity index (χ2v) is 3.40. The molecule has 2 fully saturated rings. The summed E-state index contributed by atoms with van der Waals surface area (Å²) in [6.45, 7) is 3.29. The molecule has 2 rings (SSSR count). The molecular formula is C8H15NO3. The van der Waals surface area contributed by atoms with E-state index in [4.69, 9.17) is 19.9 Å². The van der Waals surface area contributed by atoms with Gasteiger partial charge < -0.3 is 19.9 Å². The third-order valence-electron chi connectivity index (χ3n) is 2.61. The molecule has 0 amide bonds. The van der Waals surface area contributed by atoms with Crippen LogP contribution in [0.25, 0.3) is 0 Å². The van der Waals surface area contributed by atoms with Crippen molar-refractivity contribution in [3.05, 3.63) is 0 Å². The van der Waals surface area contributed by atoms with Crippen molar-refractivity contribution < 1.29 is 14.2 Å². The summed E-state index contributed by atoms with van der Waals surface area (Å²) in [6.07, 6.45) is 0.855. The van der Waals surface area contributed by atoms with Crippen LogP contribution in [-0.4, -0.2) is 44.7 Å². The fourth-order valence-corrected chi connectivity index (χ4v) is 1.74. The van der Waals surface area contributed by atoms with Crippen molar-refractivity contribution in [1.82, 2.24) is 0 Å². The molecule has 2 aliphatic rings. The topological polar surface area (TPSA) is 53.7 Å². The van der Waals surface area contributed by atoms with Crippen LogP contribution >= 0.6 is 0 Å². The molecule has 0 aromatic carbocycles. The maximum absolute atomic E-state index is 5.91. The van der Waals surface area contributed by atoms with Gasteiger partial charge in [0.1, 0.15) is 5.60 Å². The van der Waals surface area contributed by atoms with Gasteiger partial charge in [-0.05, 0) is 0 Å². The van der Waals surface area contributed by atoms with Gasteiger partial charge in [0, 0.05) is 13.0 Å². The molecule has 12 heavy (non-hydrogen) atoms. The summed E-state index contributed by atoms with van der Waals surface area (Å²) in [4.78, 5) is 0. The van der Waals surface area contributed by atoms with E-state index in [1.54, 1.807) is 0 Å². The summed E-state index contributed by atoms with van der Waals surface area (Å²) >= 11 is 0. The Balaban J connectivity index is 2.04. The van der Waals surface area contributed by atoms with Crippen LogP contribution in [-0.2, 0) is 14.2 Å². The fraction of sp³-hybridized carbons (Fsp3) is 1.00. The highest BCUT2D eigenvalue weighted by Gasteiger charge is 2.42. The average Bonchev–Trinajstić information content (AvgIpc) is 2.12. The minimum atomic E-state index is -0.253. The first-order valence-corrected chi connectivity index (χ1v) is 4.38. The van der Waals surface area contributed by atoms with Crippen molar-refractivity contribution in [1.29, 1.82) is 0 Å². The lowest BCUT2D eigenvalue weighted by Crippen LogP contribution is -2.60. The molecule has 0 aliphatic carbocycles. The van der Waals surface area contributed by atoms with Crippen molar-refractivity contribution in [3.8, 4) is 0 Å². The highest BCUT2D eigenvalue weighted by molar-refractivity contribution is 4.95. The van der Waals surface area contributed by atoms with Crippen LogP contribution in [0.15, 0.2) is 0 Å². The first kappa shape index (κ1) is 8.44. The molecule has 70 valence electrons. The molecular weight excluding hydrogens is 158 g/mol. The summed E-state index contributed by atoms with van der Waals surface area (Å²) in [5.74, 6) is 0. The maximum atomic E-state index is 5.91. The van der Waals surface area contributed by atoms with Crippen LogP contribution in [0, 0.1) is 0 Å². The molecule has 2 N–H and O–H groups in total. The number of nitrogens with two attached hydrogens (primary N) is 1. The molecule has 0 aromatic rings. The van der Waals surface area contributed by atoms with E-state index in [-0.39, 0.29) is 11.6 Å². The maximum Gasteiger partial charge on any atom is 0.111 e. The third-order valence-corrected chi connectivity index (χ3v) is 2.61. The lowest BCUT2D eigenvalue weighted by molar-refractivity contribution is -0.198. The summed E-state index contributed by atoms with van der Waals surface area (Å²) < 4.78 is 16.3. The number of ether oxygens (including phenoxy) is 3. The summed E-state index contributed by atoms with van der Waals surface area (Å²) in [5, 5.41) is 0. The Kier molecular flexibility index (Phi) is 2.32. The van der Waals surface area contributed by atoms with Crippen molar-refractivity contribution in [2.45, 2.75) is 18.1 Å². The molecule has 2 atom stereocenters. The van der Waals surface area contributed by atoms with Gasteiger partial charge in [-0.3, -0.25) is 0 Å². The van der Waals surface area contributed by atoms with Crippen molar-refractivity contribution in [3.63, 3.8) is 0 Å². The van der Waals surface area contributed by atoms with Crippen molar-refractivity contribution in [2.75, 3.05) is 33.0 Å². The van der Waals surface area contributed by atoms with Gasteiger partial charge in [-0.2, -0.15) is 0 Å². The van der Waals surface area contributed by atoms with Gasteiger partial charge in [0.25, 0.3) is 0 Å². The Labute approximate surface area is 72.0 Å². The zero-order valence-electron chi connectivity index (χ0n) is 7.12. The van der Waals surface area contributed by atoms with E-state index in [1.807, 2.05) is 0 Å². The zero-order valence-corrected chi connectivity index (χ0v) is 7.12. The van der Waals surface area contributed by atoms with Gasteiger partial charge >= 0.3 is 0 Å². The lowest BCUT2D eigenvalue weighted by atomic mass is 9.90. The van der Waals surface area contributed by atoms with E-state index in [0.717, 1.165) is 13.0 Å². The largest absolute Gasteiger partial charge is 0.380 e. The quantitative estimate of drug-likeness (QED) is 0.537. The van der Waals surface area contributed by atoms with Gasteiger partial charge in [-0.25, -0.2) is 0 Å². The Bertz CT molecular complexity index is 148. The molecule has 4 heteroatoms. The molecule has 0 radical (unpaired) electrons. The van der Waals surface area contributed by atoms with E-state index < -0.39 is 0 Å². The first-order chi connectivity index (χ1) is 5.83. The first-order valence-electron chi connectivity index (χ1n) is 4.38. The van der Waals surface area contributed by atoms with Gasteiger partial charge in [-0.1, -0.05) is 0 Å². The summed E-state index contributed by atoms with van der Waals surface area (Å²) in [5.41, 5.74) is 5.66. The van der Waals surface area contributed by atoms with E-state index in [0.29, 0.717) is 26.4 Å².